The SMILES string of the molecule is O=[C]c1ccccc1OCCCCCCC(=O)O. The van der Waals surface area contributed by atoms with Gasteiger partial charge in [0.15, 0.2) is 0 Å². The average Bonchev–Trinajstić information content (AvgIpc) is 2.37. The molecule has 97 valence electrons. The molecule has 18 heavy (non-hydrogen) atoms. The number of hydrogen-bond acceptors (Lipinski definition) is 3. The molecule has 1 N–H and O–H groups in total. The molecular weight excluding hydrogens is 232 g/mol. The number of rotatable bonds is 9. The number of para-hydroxylation sites is 1. The summed E-state index contributed by atoms with van der Waals surface area (Å²) in [4.78, 5) is 20.9. The summed E-state index contributed by atoms with van der Waals surface area (Å²) in [7, 11) is 0. The van der Waals surface area contributed by atoms with Crippen LogP contribution in [-0.4, -0.2) is 24.0 Å². The highest BCUT2D eigenvalue weighted by Gasteiger charge is 2.02. The van der Waals surface area contributed by atoms with Gasteiger partial charge in [0, 0.05) is 6.42 Å². The Hall–Kier alpha value is -1.84. The van der Waals surface area contributed by atoms with Crippen LogP contribution in [0.1, 0.15) is 37.7 Å². The molecule has 0 aliphatic carbocycles. The Morgan fingerprint density at radius 1 is 1.17 bits per heavy atom. The zero-order chi connectivity index (χ0) is 13.2. The van der Waals surface area contributed by atoms with E-state index in [0.717, 1.165) is 19.3 Å². The largest absolute Gasteiger partial charge is 0.493 e. The van der Waals surface area contributed by atoms with E-state index in [0.29, 0.717) is 24.3 Å². The van der Waals surface area contributed by atoms with Crippen LogP contribution in [0.15, 0.2) is 24.3 Å². The lowest BCUT2D eigenvalue weighted by Gasteiger charge is -2.07. The van der Waals surface area contributed by atoms with Crippen molar-refractivity contribution in [2.75, 3.05) is 6.61 Å². The molecule has 1 aromatic carbocycles. The van der Waals surface area contributed by atoms with Crippen LogP contribution in [0.4, 0.5) is 0 Å². The quantitative estimate of drug-likeness (QED) is 0.683. The zero-order valence-corrected chi connectivity index (χ0v) is 10.2. The van der Waals surface area contributed by atoms with Gasteiger partial charge in [0.1, 0.15) is 5.75 Å². The second kappa shape index (κ2) is 8.28. The molecule has 1 aromatic rings. The van der Waals surface area contributed by atoms with Gasteiger partial charge in [-0.25, -0.2) is 0 Å². The zero-order valence-electron chi connectivity index (χ0n) is 10.2. The van der Waals surface area contributed by atoms with Gasteiger partial charge in [-0.3, -0.25) is 9.59 Å². The van der Waals surface area contributed by atoms with Crippen LogP contribution in [0.5, 0.6) is 5.75 Å². The average molecular weight is 249 g/mol. The molecule has 0 saturated carbocycles. The Labute approximate surface area is 107 Å². The molecule has 0 saturated heterocycles. The molecule has 0 aliphatic heterocycles. The van der Waals surface area contributed by atoms with Crippen molar-refractivity contribution in [1.82, 2.24) is 0 Å². The smallest absolute Gasteiger partial charge is 0.303 e. The summed E-state index contributed by atoms with van der Waals surface area (Å²) in [6.45, 7) is 0.533. The summed E-state index contributed by atoms with van der Waals surface area (Å²) in [5.41, 5.74) is 0.434. The molecule has 0 atom stereocenters. The normalized spacial score (nSPS) is 10.0. The summed E-state index contributed by atoms with van der Waals surface area (Å²) in [6.07, 6.45) is 5.43. The highest BCUT2D eigenvalue weighted by molar-refractivity contribution is 5.79. The van der Waals surface area contributed by atoms with E-state index in [4.69, 9.17) is 9.84 Å². The van der Waals surface area contributed by atoms with Gasteiger partial charge in [-0.2, -0.15) is 0 Å². The van der Waals surface area contributed by atoms with E-state index in [2.05, 4.69) is 0 Å². The molecular formula is C14H17O4. The van der Waals surface area contributed by atoms with Crippen LogP contribution in [0.3, 0.4) is 0 Å². The van der Waals surface area contributed by atoms with Crippen LogP contribution in [0, 0.1) is 0 Å². The van der Waals surface area contributed by atoms with E-state index < -0.39 is 5.97 Å². The van der Waals surface area contributed by atoms with Gasteiger partial charge in [0.2, 0.25) is 6.29 Å². The van der Waals surface area contributed by atoms with Crippen molar-refractivity contribution in [3.05, 3.63) is 29.8 Å². The first kappa shape index (κ1) is 14.2. The van der Waals surface area contributed by atoms with E-state index in [1.165, 1.54) is 0 Å². The second-order valence-corrected chi connectivity index (χ2v) is 4.00. The fourth-order valence-corrected chi connectivity index (χ4v) is 1.59. The monoisotopic (exact) mass is 249 g/mol. The van der Waals surface area contributed by atoms with E-state index in [1.54, 1.807) is 18.2 Å². The fourth-order valence-electron chi connectivity index (χ4n) is 1.59. The summed E-state index contributed by atoms with van der Waals surface area (Å²) in [5.74, 6) is -0.195. The Morgan fingerprint density at radius 2 is 1.89 bits per heavy atom. The molecule has 4 heteroatoms. The summed E-state index contributed by atoms with van der Waals surface area (Å²) in [6, 6.07) is 6.97. The van der Waals surface area contributed by atoms with E-state index in [-0.39, 0.29) is 6.42 Å². The third-order valence-electron chi connectivity index (χ3n) is 2.54. The van der Waals surface area contributed by atoms with Crippen molar-refractivity contribution in [3.8, 4) is 5.75 Å². The molecule has 0 spiro atoms. The maximum atomic E-state index is 10.6. The van der Waals surface area contributed by atoms with Gasteiger partial charge in [0.05, 0.1) is 12.2 Å². The lowest BCUT2D eigenvalue weighted by Crippen LogP contribution is -2.00. The number of carboxylic acids is 1. The minimum absolute atomic E-state index is 0.226. The van der Waals surface area contributed by atoms with Gasteiger partial charge >= 0.3 is 5.97 Å². The molecule has 0 unspecified atom stereocenters. The lowest BCUT2D eigenvalue weighted by atomic mass is 10.1. The standard InChI is InChI=1S/C14H17O4/c15-11-12-7-4-5-8-13(12)18-10-6-2-1-3-9-14(16)17/h4-5,7-8H,1-3,6,9-10H2,(H,16,17). The highest BCUT2D eigenvalue weighted by Crippen LogP contribution is 2.16. The van der Waals surface area contributed by atoms with Crippen LogP contribution in [-0.2, 0) is 9.59 Å². The van der Waals surface area contributed by atoms with Crippen molar-refractivity contribution < 1.29 is 19.4 Å². The number of carbonyl (C=O) groups excluding carboxylic acids is 1. The minimum Gasteiger partial charge on any atom is -0.493 e. The Bertz CT molecular complexity index is 387. The number of aliphatic carboxylic acids is 1. The Kier molecular flexibility index (Phi) is 6.54. The van der Waals surface area contributed by atoms with E-state index in [9.17, 15) is 9.59 Å². The molecule has 0 bridgehead atoms. The third-order valence-corrected chi connectivity index (χ3v) is 2.54. The molecule has 0 heterocycles. The van der Waals surface area contributed by atoms with E-state index >= 15 is 0 Å². The van der Waals surface area contributed by atoms with E-state index in [1.807, 2.05) is 12.4 Å². The fraction of sp³-hybridized carbons (Fsp3) is 0.429. The number of unbranched alkanes of at least 4 members (excludes halogenated alkanes) is 3. The summed E-state index contributed by atoms with van der Waals surface area (Å²) >= 11 is 0. The van der Waals surface area contributed by atoms with Crippen molar-refractivity contribution in [1.29, 1.82) is 0 Å². The van der Waals surface area contributed by atoms with Crippen LogP contribution in [0.25, 0.3) is 0 Å². The van der Waals surface area contributed by atoms with Crippen molar-refractivity contribution in [3.63, 3.8) is 0 Å². The number of hydrogen-bond donors (Lipinski definition) is 1. The van der Waals surface area contributed by atoms with Gasteiger partial charge < -0.3 is 9.84 Å². The molecule has 0 aromatic heterocycles. The predicted molar refractivity (Wildman–Crippen MR) is 67.5 cm³/mol. The molecule has 0 amide bonds. The maximum Gasteiger partial charge on any atom is 0.303 e. The third kappa shape index (κ3) is 5.48. The van der Waals surface area contributed by atoms with Gasteiger partial charge in [-0.15, -0.1) is 0 Å². The lowest BCUT2D eigenvalue weighted by molar-refractivity contribution is -0.137. The van der Waals surface area contributed by atoms with Crippen molar-refractivity contribution in [2.45, 2.75) is 32.1 Å². The van der Waals surface area contributed by atoms with Crippen LogP contribution < -0.4 is 4.74 Å². The predicted octanol–water partition coefficient (Wildman–Crippen LogP) is 2.56. The molecule has 0 fully saturated rings. The Morgan fingerprint density at radius 3 is 2.61 bits per heavy atom. The summed E-state index contributed by atoms with van der Waals surface area (Å²) < 4.78 is 5.48. The second-order valence-electron chi connectivity index (χ2n) is 4.00. The maximum absolute atomic E-state index is 10.6. The first-order valence-electron chi connectivity index (χ1n) is 6.06. The van der Waals surface area contributed by atoms with Crippen molar-refractivity contribution >= 4 is 12.3 Å². The minimum atomic E-state index is -0.748. The first-order valence-corrected chi connectivity index (χ1v) is 6.06. The highest BCUT2D eigenvalue weighted by atomic mass is 16.5. The molecule has 1 rings (SSSR count). The number of carboxylic acid groups (broad SMARTS) is 1. The van der Waals surface area contributed by atoms with Crippen LogP contribution in [0.2, 0.25) is 0 Å². The molecule has 4 nitrogen and oxygen atoms in total. The molecule has 0 aliphatic rings. The first-order chi connectivity index (χ1) is 8.74. The number of ether oxygens (including phenoxy) is 1. The van der Waals surface area contributed by atoms with Gasteiger partial charge in [-0.1, -0.05) is 25.0 Å². The summed E-state index contributed by atoms with van der Waals surface area (Å²) in [5, 5.41) is 8.46. The Balaban J connectivity index is 2.14. The molecule has 1 radical (unpaired) electrons. The van der Waals surface area contributed by atoms with Gasteiger partial charge in [-0.05, 0) is 25.0 Å². The van der Waals surface area contributed by atoms with Gasteiger partial charge in [0.25, 0.3) is 0 Å². The van der Waals surface area contributed by atoms with Crippen molar-refractivity contribution in [2.24, 2.45) is 0 Å². The van der Waals surface area contributed by atoms with Crippen LogP contribution >= 0.6 is 0 Å². The topological polar surface area (TPSA) is 63.6 Å². The number of benzene rings is 1. The number of carbonyl (C=O) groups is 1.